The summed E-state index contributed by atoms with van der Waals surface area (Å²) in [5, 5.41) is 0. The number of carbonyl (C=O) groups excluding carboxylic acids is 2. The van der Waals surface area contributed by atoms with Gasteiger partial charge in [-0.05, 0) is 36.7 Å². The average Bonchev–Trinajstić information content (AvgIpc) is 2.36. The van der Waals surface area contributed by atoms with Gasteiger partial charge < -0.3 is 15.2 Å². The van der Waals surface area contributed by atoms with Gasteiger partial charge in [-0.3, -0.25) is 0 Å². The minimum absolute atomic E-state index is 0. The first kappa shape index (κ1) is 16.4. The van der Waals surface area contributed by atoms with Gasteiger partial charge >= 0.3 is 11.9 Å². The molecule has 0 spiro atoms. The molecule has 0 amide bonds. The summed E-state index contributed by atoms with van der Waals surface area (Å²) in [5.41, 5.74) is 6.88. The van der Waals surface area contributed by atoms with Crippen LogP contribution in [0.4, 0.5) is 0 Å². The van der Waals surface area contributed by atoms with Crippen molar-refractivity contribution in [2.24, 2.45) is 5.73 Å². The molecule has 0 atom stereocenters. The van der Waals surface area contributed by atoms with Gasteiger partial charge in [-0.15, -0.1) is 12.4 Å². The van der Waals surface area contributed by atoms with Crippen molar-refractivity contribution in [1.29, 1.82) is 0 Å². The van der Waals surface area contributed by atoms with Crippen molar-refractivity contribution in [3.8, 4) is 0 Å². The Kier molecular flexibility index (Phi) is 7.00. The normalized spacial score (nSPS) is 9.28. The molecule has 1 aromatic rings. The molecular weight excluding hydrogens is 258 g/mol. The predicted octanol–water partition coefficient (Wildman–Crippen LogP) is 1.18. The third-order valence-corrected chi connectivity index (χ3v) is 2.27. The zero-order valence-corrected chi connectivity index (χ0v) is 11.1. The lowest BCUT2D eigenvalue weighted by Gasteiger charge is -2.07. The van der Waals surface area contributed by atoms with Crippen LogP contribution in [0.25, 0.3) is 0 Å². The summed E-state index contributed by atoms with van der Waals surface area (Å²) in [6, 6.07) is 4.76. The van der Waals surface area contributed by atoms with Crippen molar-refractivity contribution >= 4 is 24.3 Å². The summed E-state index contributed by atoms with van der Waals surface area (Å²) >= 11 is 0. The van der Waals surface area contributed by atoms with E-state index in [-0.39, 0.29) is 12.4 Å². The number of benzene rings is 1. The van der Waals surface area contributed by atoms with Crippen molar-refractivity contribution in [1.82, 2.24) is 0 Å². The van der Waals surface area contributed by atoms with Crippen LogP contribution in [0, 0.1) is 0 Å². The number of carbonyl (C=O) groups is 2. The highest BCUT2D eigenvalue weighted by atomic mass is 35.5. The van der Waals surface area contributed by atoms with E-state index in [1.54, 1.807) is 12.1 Å². The molecule has 0 saturated carbocycles. The Hall–Kier alpha value is -1.59. The average molecular weight is 274 g/mol. The molecule has 1 rings (SSSR count). The number of ether oxygens (including phenoxy) is 2. The highest BCUT2D eigenvalue weighted by Gasteiger charge is 2.13. The van der Waals surface area contributed by atoms with Crippen LogP contribution in [0.3, 0.4) is 0 Å². The quantitative estimate of drug-likeness (QED) is 0.834. The summed E-state index contributed by atoms with van der Waals surface area (Å²) in [5.74, 6) is -0.983. The molecule has 6 heteroatoms. The Morgan fingerprint density at radius 1 is 1.06 bits per heavy atom. The number of halogens is 1. The molecule has 0 unspecified atom stereocenters. The third-order valence-electron chi connectivity index (χ3n) is 2.27. The van der Waals surface area contributed by atoms with Gasteiger partial charge in [-0.25, -0.2) is 9.59 Å². The molecule has 0 aliphatic carbocycles. The largest absolute Gasteiger partial charge is 0.465 e. The molecule has 0 aromatic heterocycles. The van der Waals surface area contributed by atoms with Crippen LogP contribution >= 0.6 is 12.4 Å². The molecule has 0 radical (unpaired) electrons. The smallest absolute Gasteiger partial charge is 0.337 e. The first-order chi connectivity index (χ1) is 8.12. The van der Waals surface area contributed by atoms with Gasteiger partial charge in [0.25, 0.3) is 0 Å². The van der Waals surface area contributed by atoms with Crippen molar-refractivity contribution in [3.63, 3.8) is 0 Å². The van der Waals surface area contributed by atoms with E-state index in [0.717, 1.165) is 5.56 Å². The molecule has 0 fully saturated rings. The van der Waals surface area contributed by atoms with E-state index >= 15 is 0 Å². The maximum absolute atomic E-state index is 11.4. The lowest BCUT2D eigenvalue weighted by atomic mass is 10.0. The Morgan fingerprint density at radius 3 is 1.83 bits per heavy atom. The zero-order valence-electron chi connectivity index (χ0n) is 10.3. The first-order valence-corrected chi connectivity index (χ1v) is 5.13. The Bertz CT molecular complexity index is 400. The molecule has 5 nitrogen and oxygen atoms in total. The Labute approximate surface area is 112 Å². The summed E-state index contributed by atoms with van der Waals surface area (Å²) in [7, 11) is 2.57. The minimum Gasteiger partial charge on any atom is -0.465 e. The summed E-state index contributed by atoms with van der Waals surface area (Å²) in [6.45, 7) is 0.436. The van der Waals surface area contributed by atoms with Gasteiger partial charge in [0.1, 0.15) is 0 Å². The fourth-order valence-corrected chi connectivity index (χ4v) is 1.47. The maximum atomic E-state index is 11.4. The lowest BCUT2D eigenvalue weighted by Crippen LogP contribution is -2.10. The number of esters is 2. The van der Waals surface area contributed by atoms with Crippen LogP contribution in [0.15, 0.2) is 18.2 Å². The number of methoxy groups -OCH3 is 2. The molecule has 0 saturated heterocycles. The van der Waals surface area contributed by atoms with E-state index < -0.39 is 11.9 Å². The van der Waals surface area contributed by atoms with Crippen LogP contribution in [-0.2, 0) is 15.9 Å². The van der Waals surface area contributed by atoms with E-state index in [2.05, 4.69) is 9.47 Å². The van der Waals surface area contributed by atoms with Crippen LogP contribution in [0.1, 0.15) is 26.3 Å². The summed E-state index contributed by atoms with van der Waals surface area (Å²) in [6.07, 6.45) is 0.578. The highest BCUT2D eigenvalue weighted by Crippen LogP contribution is 2.13. The number of hydrogen-bond acceptors (Lipinski definition) is 5. The van der Waals surface area contributed by atoms with E-state index in [1.165, 1.54) is 20.3 Å². The van der Waals surface area contributed by atoms with E-state index in [0.29, 0.717) is 24.1 Å². The molecule has 0 bridgehead atoms. The molecule has 18 heavy (non-hydrogen) atoms. The Morgan fingerprint density at radius 2 is 1.50 bits per heavy atom. The van der Waals surface area contributed by atoms with Crippen molar-refractivity contribution in [3.05, 3.63) is 34.9 Å². The zero-order chi connectivity index (χ0) is 12.8. The summed E-state index contributed by atoms with van der Waals surface area (Å²) < 4.78 is 9.23. The SMILES string of the molecule is COC(=O)c1cc(CCN)cc(C(=O)OC)c1.Cl. The van der Waals surface area contributed by atoms with Crippen molar-refractivity contribution in [2.45, 2.75) is 6.42 Å². The second-order valence-electron chi connectivity index (χ2n) is 3.44. The van der Waals surface area contributed by atoms with Crippen LogP contribution in [-0.4, -0.2) is 32.7 Å². The predicted molar refractivity (Wildman–Crippen MR) is 69.1 cm³/mol. The number of nitrogens with two attached hydrogens (primary N) is 1. The van der Waals surface area contributed by atoms with E-state index in [9.17, 15) is 9.59 Å². The molecule has 0 aliphatic rings. The highest BCUT2D eigenvalue weighted by molar-refractivity contribution is 5.95. The van der Waals surface area contributed by atoms with Gasteiger partial charge in [-0.2, -0.15) is 0 Å². The van der Waals surface area contributed by atoms with Crippen LogP contribution < -0.4 is 5.73 Å². The van der Waals surface area contributed by atoms with Gasteiger partial charge in [-0.1, -0.05) is 0 Å². The second kappa shape index (κ2) is 7.68. The fourth-order valence-electron chi connectivity index (χ4n) is 1.47. The van der Waals surface area contributed by atoms with Crippen LogP contribution in [0.5, 0.6) is 0 Å². The maximum Gasteiger partial charge on any atom is 0.337 e. The molecule has 0 heterocycles. The lowest BCUT2D eigenvalue weighted by molar-refractivity contribution is 0.0599. The molecule has 2 N–H and O–H groups in total. The molecule has 1 aromatic carbocycles. The Balaban J connectivity index is 0.00000289. The molecule has 100 valence electrons. The monoisotopic (exact) mass is 273 g/mol. The topological polar surface area (TPSA) is 78.6 Å². The summed E-state index contributed by atoms with van der Waals surface area (Å²) in [4.78, 5) is 22.9. The fraction of sp³-hybridized carbons (Fsp3) is 0.333. The standard InChI is InChI=1S/C12H15NO4.ClH/c1-16-11(14)9-5-8(3-4-13)6-10(7-9)12(15)17-2;/h5-7H,3-4,13H2,1-2H3;1H. The number of rotatable bonds is 4. The first-order valence-electron chi connectivity index (χ1n) is 5.13. The van der Waals surface area contributed by atoms with Gasteiger partial charge in [0.15, 0.2) is 0 Å². The minimum atomic E-state index is -0.492. The van der Waals surface area contributed by atoms with E-state index in [4.69, 9.17) is 5.73 Å². The second-order valence-corrected chi connectivity index (χ2v) is 3.44. The van der Waals surface area contributed by atoms with Gasteiger partial charge in [0.05, 0.1) is 25.3 Å². The van der Waals surface area contributed by atoms with Crippen LogP contribution in [0.2, 0.25) is 0 Å². The van der Waals surface area contributed by atoms with Crippen molar-refractivity contribution in [2.75, 3.05) is 20.8 Å². The number of hydrogen-bond donors (Lipinski definition) is 1. The van der Waals surface area contributed by atoms with Gasteiger partial charge in [0, 0.05) is 0 Å². The molecular formula is C12H16ClNO4. The van der Waals surface area contributed by atoms with Gasteiger partial charge in [0.2, 0.25) is 0 Å². The van der Waals surface area contributed by atoms with E-state index in [1.807, 2.05) is 0 Å². The molecule has 0 aliphatic heterocycles. The third kappa shape index (κ3) is 4.01. The van der Waals surface area contributed by atoms with Crippen molar-refractivity contribution < 1.29 is 19.1 Å².